The van der Waals surface area contributed by atoms with Crippen LogP contribution in [-0.2, 0) is 9.59 Å². The van der Waals surface area contributed by atoms with Gasteiger partial charge in [0.05, 0.1) is 10.5 Å². The third-order valence-corrected chi connectivity index (χ3v) is 4.32. The van der Waals surface area contributed by atoms with Crippen molar-refractivity contribution < 1.29 is 44.5 Å². The third-order valence-electron chi connectivity index (χ3n) is 4.32. The second-order valence-electron chi connectivity index (χ2n) is 5.80. The lowest BCUT2D eigenvalue weighted by Crippen LogP contribution is -2.86. The smallest absolute Gasteiger partial charge is 0.286 e. The lowest BCUT2D eigenvalue weighted by Gasteiger charge is -2.51. The Bertz CT molecular complexity index is 958. The van der Waals surface area contributed by atoms with Crippen LogP contribution in [0.1, 0.15) is 20.7 Å². The van der Waals surface area contributed by atoms with E-state index in [1.165, 1.54) is 5.32 Å². The van der Waals surface area contributed by atoms with Gasteiger partial charge in [0.2, 0.25) is 0 Å². The number of benzene rings is 1. The molecule has 3 rings (SSSR count). The summed E-state index contributed by atoms with van der Waals surface area (Å²) in [6.07, 6.45) is 0. The van der Waals surface area contributed by atoms with E-state index in [-0.39, 0.29) is 0 Å². The maximum Gasteiger partial charge on any atom is 0.286 e. The fraction of sp³-hybridized carbons (Fsp3) is 0.231. The van der Waals surface area contributed by atoms with E-state index in [1.807, 2.05) is 0 Å². The number of nitro groups is 1. The Balaban J connectivity index is 2.25. The molecule has 2 radical (unpaired) electrons. The van der Waals surface area contributed by atoms with Crippen molar-refractivity contribution in [3.63, 3.8) is 0 Å². The lowest BCUT2D eigenvalue weighted by atomic mass is 9.66. The van der Waals surface area contributed by atoms with Gasteiger partial charge in [-0.15, -0.1) is 0 Å². The molecule has 5 N–H and O–H groups in total. The molecule has 13 nitrogen and oxygen atoms in total. The van der Waals surface area contributed by atoms with Gasteiger partial charge in [0, 0.05) is 6.07 Å². The van der Waals surface area contributed by atoms with Crippen LogP contribution in [0.15, 0.2) is 18.2 Å². The first-order valence-corrected chi connectivity index (χ1v) is 7.00. The minimum Gasteiger partial charge on any atom is -0.384 e. The quantitative estimate of drug-likeness (QED) is 0.111. The number of amides is 4. The summed E-state index contributed by atoms with van der Waals surface area (Å²) in [4.78, 5) is 58.4. The van der Waals surface area contributed by atoms with Gasteiger partial charge in [-0.3, -0.25) is 34.6 Å². The zero-order chi connectivity index (χ0) is 20.5. The largest absolute Gasteiger partial charge is 0.384 e. The maximum absolute atomic E-state index is 12.6. The van der Waals surface area contributed by atoms with E-state index in [0.29, 0.717) is 0 Å². The summed E-state index contributed by atoms with van der Waals surface area (Å²) in [5.74, 6) is -11.3. The van der Waals surface area contributed by atoms with Crippen LogP contribution in [0.3, 0.4) is 0 Å². The van der Waals surface area contributed by atoms with Crippen LogP contribution < -0.4 is 5.32 Å². The number of nitrogens with zero attached hydrogens (tertiary/aromatic N) is 2. The fourth-order valence-electron chi connectivity index (χ4n) is 2.84. The van der Waals surface area contributed by atoms with Crippen LogP contribution in [0.4, 0.5) is 5.69 Å². The van der Waals surface area contributed by atoms with E-state index >= 15 is 0 Å². The first-order chi connectivity index (χ1) is 12.3. The molecule has 1 aromatic carbocycles. The van der Waals surface area contributed by atoms with E-state index in [9.17, 15) is 49.7 Å². The summed E-state index contributed by atoms with van der Waals surface area (Å²) in [6, 6.07) is 2.83. The molecule has 14 heteroatoms. The van der Waals surface area contributed by atoms with Gasteiger partial charge >= 0.3 is 0 Å². The predicted molar refractivity (Wildman–Crippen MR) is 79.6 cm³/mol. The molecular weight excluding hydrogens is 369 g/mol. The van der Waals surface area contributed by atoms with Gasteiger partial charge in [-0.25, -0.2) is 4.90 Å². The Kier molecular flexibility index (Phi) is 3.56. The van der Waals surface area contributed by atoms with E-state index in [2.05, 4.69) is 0 Å². The molecule has 2 heterocycles. The molecule has 1 fully saturated rings. The average molecular weight is 377 g/mol. The van der Waals surface area contributed by atoms with Crippen molar-refractivity contribution in [1.29, 1.82) is 0 Å². The maximum atomic E-state index is 12.6. The van der Waals surface area contributed by atoms with Crippen molar-refractivity contribution in [3.05, 3.63) is 39.4 Å². The Labute approximate surface area is 149 Å². The molecule has 0 bridgehead atoms. The summed E-state index contributed by atoms with van der Waals surface area (Å²) < 4.78 is 0. The van der Waals surface area contributed by atoms with Gasteiger partial charge in [-0.05, 0) is 6.07 Å². The average Bonchev–Trinajstić information content (AvgIpc) is 2.84. The third kappa shape index (κ3) is 1.97. The molecule has 2 aliphatic heterocycles. The summed E-state index contributed by atoms with van der Waals surface area (Å²) in [6.45, 7) is 0. The number of carbonyl (C=O) groups is 4. The number of carbonyl (C=O) groups excluding carboxylic acids is 4. The zero-order valence-electron chi connectivity index (χ0n) is 12.9. The Hall–Kier alpha value is -3.20. The summed E-state index contributed by atoms with van der Waals surface area (Å²) in [5.41, 5.74) is -10.1. The van der Waals surface area contributed by atoms with Crippen molar-refractivity contribution in [2.75, 3.05) is 0 Å². The zero-order valence-corrected chi connectivity index (χ0v) is 12.9. The molecule has 0 spiro atoms. The molecule has 2 aliphatic rings. The highest BCUT2D eigenvalue weighted by Gasteiger charge is 2.75. The molecule has 4 amide bonds. The fourth-order valence-corrected chi connectivity index (χ4v) is 2.84. The molecular formula is C13H8BN3O10. The molecule has 0 aromatic heterocycles. The molecule has 27 heavy (non-hydrogen) atoms. The van der Waals surface area contributed by atoms with Gasteiger partial charge in [0.25, 0.3) is 40.8 Å². The van der Waals surface area contributed by atoms with Crippen molar-refractivity contribution in [2.45, 2.75) is 17.0 Å². The summed E-state index contributed by atoms with van der Waals surface area (Å²) in [7, 11) is 5.05. The van der Waals surface area contributed by atoms with E-state index in [4.69, 9.17) is 7.85 Å². The standard InChI is InChI=1S/C13H8BN3O10/c14-11(22)9(20)15-10(21)12(23,13(11,24)25)16-7(18)4-2-1-3-5(17(26)27)6(4)8(16)19/h1-3,22-25H,(H,15,20,21)/t11?,12-/m0/s1. The van der Waals surface area contributed by atoms with Gasteiger partial charge in [0.15, 0.2) is 5.50 Å². The van der Waals surface area contributed by atoms with E-state index < -0.39 is 67.3 Å². The highest BCUT2D eigenvalue weighted by molar-refractivity contribution is 6.33. The Morgan fingerprint density at radius 1 is 1.04 bits per heavy atom. The highest BCUT2D eigenvalue weighted by Crippen LogP contribution is 2.42. The molecule has 0 aliphatic carbocycles. The van der Waals surface area contributed by atoms with Gasteiger partial charge in [-0.2, -0.15) is 0 Å². The second kappa shape index (κ2) is 5.17. The van der Waals surface area contributed by atoms with Crippen LogP contribution in [-0.4, -0.2) is 78.7 Å². The van der Waals surface area contributed by atoms with Crippen molar-refractivity contribution in [2.24, 2.45) is 0 Å². The summed E-state index contributed by atoms with van der Waals surface area (Å²) in [5, 5.41) is 52.9. The number of hydrogen-bond donors (Lipinski definition) is 5. The predicted octanol–water partition coefficient (Wildman–Crippen LogP) is -3.93. The Morgan fingerprint density at radius 3 is 2.19 bits per heavy atom. The van der Waals surface area contributed by atoms with Crippen molar-refractivity contribution >= 4 is 37.2 Å². The normalized spacial score (nSPS) is 29.6. The number of hydrogen-bond acceptors (Lipinski definition) is 10. The number of rotatable bonds is 2. The van der Waals surface area contributed by atoms with E-state index in [0.717, 1.165) is 18.2 Å². The monoisotopic (exact) mass is 377 g/mol. The Morgan fingerprint density at radius 2 is 1.63 bits per heavy atom. The van der Waals surface area contributed by atoms with Crippen molar-refractivity contribution in [1.82, 2.24) is 10.2 Å². The van der Waals surface area contributed by atoms with Gasteiger partial charge < -0.3 is 20.4 Å². The van der Waals surface area contributed by atoms with Crippen LogP contribution in [0.25, 0.3) is 0 Å². The minimum atomic E-state index is -4.26. The molecule has 1 unspecified atom stereocenters. The number of nitro benzene ring substituents is 1. The topological polar surface area (TPSA) is 208 Å². The van der Waals surface area contributed by atoms with Crippen molar-refractivity contribution in [3.8, 4) is 0 Å². The van der Waals surface area contributed by atoms with Crippen LogP contribution in [0.2, 0.25) is 0 Å². The number of aliphatic hydroxyl groups is 4. The van der Waals surface area contributed by atoms with Crippen LogP contribution in [0.5, 0.6) is 0 Å². The molecule has 1 aromatic rings. The number of fused-ring (bicyclic) bond motifs is 1. The number of piperidine rings is 1. The SMILES string of the molecule is [B]C1(O)C(=O)NC(=O)[C@@](O)(N2C(=O)c3cccc([N+](=O)[O-])c3C2=O)C1(O)O. The van der Waals surface area contributed by atoms with Gasteiger partial charge in [0.1, 0.15) is 13.4 Å². The first kappa shape index (κ1) is 18.6. The number of imide groups is 2. The van der Waals surface area contributed by atoms with E-state index in [1.54, 1.807) is 0 Å². The highest BCUT2D eigenvalue weighted by atomic mass is 16.6. The molecule has 1 saturated heterocycles. The molecule has 138 valence electrons. The number of nitrogens with one attached hydrogen (secondary N) is 1. The minimum absolute atomic E-state index is 0.426. The van der Waals surface area contributed by atoms with Crippen LogP contribution in [0, 0.1) is 10.1 Å². The first-order valence-electron chi connectivity index (χ1n) is 7.00. The second-order valence-corrected chi connectivity index (χ2v) is 5.80. The lowest BCUT2D eigenvalue weighted by molar-refractivity contribution is -0.385. The molecule has 0 saturated carbocycles. The van der Waals surface area contributed by atoms with Gasteiger partial charge in [-0.1, -0.05) is 6.07 Å². The van der Waals surface area contributed by atoms with Crippen LogP contribution >= 0.6 is 0 Å². The summed E-state index contributed by atoms with van der Waals surface area (Å²) >= 11 is 0. The molecule has 2 atom stereocenters.